The number of anilines is 1. The third kappa shape index (κ3) is 3.81. The number of rotatable bonds is 4. The van der Waals surface area contributed by atoms with Crippen LogP contribution in [-0.2, 0) is 0 Å². The third-order valence-electron chi connectivity index (χ3n) is 3.63. The molecule has 0 radical (unpaired) electrons. The van der Waals surface area contributed by atoms with E-state index in [0.717, 1.165) is 17.2 Å². The first-order chi connectivity index (χ1) is 11.6. The minimum atomic E-state index is -0.649. The largest absolute Gasteiger partial charge is 0.339 e. The molecule has 1 aliphatic rings. The first kappa shape index (κ1) is 18.1. The number of benzene rings is 1. The molecule has 3 rings (SSSR count). The van der Waals surface area contributed by atoms with E-state index in [2.05, 4.69) is 4.98 Å². The van der Waals surface area contributed by atoms with E-state index in [9.17, 15) is 20.2 Å². The molecule has 0 amide bonds. The van der Waals surface area contributed by atoms with Crippen molar-refractivity contribution in [2.24, 2.45) is 0 Å². The average Bonchev–Trinajstić information content (AvgIpc) is 2.62. The Morgan fingerprint density at radius 1 is 1.04 bits per heavy atom. The highest BCUT2D eigenvalue weighted by Gasteiger charge is 2.23. The molecule has 0 spiro atoms. The molecule has 1 aromatic carbocycles. The van der Waals surface area contributed by atoms with Gasteiger partial charge >= 0.3 is 0 Å². The number of allylic oxidation sites excluding steroid dienone is 2. The molecular formula is C16H13ClN4O4. The van der Waals surface area contributed by atoms with Crippen molar-refractivity contribution < 1.29 is 9.85 Å². The molecule has 1 aliphatic heterocycles. The van der Waals surface area contributed by atoms with Crippen molar-refractivity contribution in [1.29, 1.82) is 0 Å². The van der Waals surface area contributed by atoms with Gasteiger partial charge in [0.25, 0.3) is 11.4 Å². The summed E-state index contributed by atoms with van der Waals surface area (Å²) in [6.07, 6.45) is 8.88. The van der Waals surface area contributed by atoms with E-state index in [4.69, 9.17) is 0 Å². The second kappa shape index (κ2) is 7.54. The lowest BCUT2D eigenvalue weighted by molar-refractivity contribution is -0.393. The molecule has 1 aromatic heterocycles. The van der Waals surface area contributed by atoms with Gasteiger partial charge in [0, 0.05) is 31.2 Å². The van der Waals surface area contributed by atoms with E-state index in [0.29, 0.717) is 12.2 Å². The molecule has 0 saturated carbocycles. The molecule has 25 heavy (non-hydrogen) atoms. The lowest BCUT2D eigenvalue weighted by Crippen LogP contribution is -2.19. The number of nitro benzene ring substituents is 2. The summed E-state index contributed by atoms with van der Waals surface area (Å²) in [6, 6.07) is 7.38. The van der Waals surface area contributed by atoms with E-state index in [1.165, 1.54) is 12.1 Å². The van der Waals surface area contributed by atoms with Gasteiger partial charge in [-0.15, -0.1) is 12.4 Å². The number of non-ortho nitro benzene ring substituents is 1. The summed E-state index contributed by atoms with van der Waals surface area (Å²) in [5, 5.41) is 22.0. The number of nitro groups is 2. The number of nitrogens with zero attached hydrogens (tertiary/aromatic N) is 4. The zero-order valence-corrected chi connectivity index (χ0v) is 13.6. The van der Waals surface area contributed by atoms with E-state index < -0.39 is 9.85 Å². The van der Waals surface area contributed by atoms with Crippen LogP contribution in [0.3, 0.4) is 0 Å². The summed E-state index contributed by atoms with van der Waals surface area (Å²) in [5.74, 6) is 0. The molecule has 9 heteroatoms. The fraction of sp³-hybridized carbons (Fsp3) is 0.0625. The minimum Gasteiger partial charge on any atom is -0.339 e. The zero-order chi connectivity index (χ0) is 17.1. The minimum absolute atomic E-state index is 0. The number of hydrogen-bond acceptors (Lipinski definition) is 6. The van der Waals surface area contributed by atoms with Gasteiger partial charge in [-0.3, -0.25) is 25.2 Å². The number of halogens is 1. The fourth-order valence-corrected chi connectivity index (χ4v) is 2.45. The molecule has 0 N–H and O–H groups in total. The predicted molar refractivity (Wildman–Crippen MR) is 95.7 cm³/mol. The molecule has 0 atom stereocenters. The number of aromatic nitrogens is 1. The van der Waals surface area contributed by atoms with Crippen LogP contribution in [0.25, 0.3) is 5.57 Å². The Morgan fingerprint density at radius 2 is 1.76 bits per heavy atom. The molecule has 8 nitrogen and oxygen atoms in total. The van der Waals surface area contributed by atoms with Crippen molar-refractivity contribution in [1.82, 2.24) is 4.98 Å². The molecule has 2 heterocycles. The maximum absolute atomic E-state index is 11.2. The third-order valence-corrected chi connectivity index (χ3v) is 3.63. The van der Waals surface area contributed by atoms with Crippen molar-refractivity contribution in [3.63, 3.8) is 0 Å². The van der Waals surface area contributed by atoms with Crippen LogP contribution in [0.5, 0.6) is 0 Å². The Morgan fingerprint density at radius 3 is 2.32 bits per heavy atom. The number of hydrogen-bond donors (Lipinski definition) is 0. The van der Waals surface area contributed by atoms with E-state index >= 15 is 0 Å². The number of pyridine rings is 1. The maximum atomic E-state index is 11.2. The lowest BCUT2D eigenvalue weighted by Gasteiger charge is -2.22. The Hall–Kier alpha value is -3.26. The van der Waals surface area contributed by atoms with Crippen LogP contribution >= 0.6 is 12.4 Å². The van der Waals surface area contributed by atoms with E-state index in [1.54, 1.807) is 23.5 Å². The molecule has 0 saturated heterocycles. The molecular weight excluding hydrogens is 348 g/mol. The van der Waals surface area contributed by atoms with E-state index in [-0.39, 0.29) is 23.8 Å². The summed E-state index contributed by atoms with van der Waals surface area (Å²) >= 11 is 0. The Balaban J connectivity index is 0.00000225. The van der Waals surface area contributed by atoms with Crippen LogP contribution < -0.4 is 4.90 Å². The van der Waals surface area contributed by atoms with Crippen molar-refractivity contribution in [3.05, 3.63) is 86.9 Å². The van der Waals surface area contributed by atoms with Crippen LogP contribution in [0.4, 0.5) is 17.1 Å². The summed E-state index contributed by atoms with van der Waals surface area (Å²) in [7, 11) is 0. The van der Waals surface area contributed by atoms with Crippen LogP contribution in [0, 0.1) is 20.2 Å². The molecule has 0 unspecified atom stereocenters. The Kier molecular flexibility index (Phi) is 5.45. The van der Waals surface area contributed by atoms with Gasteiger partial charge in [0.05, 0.1) is 15.9 Å². The summed E-state index contributed by atoms with van der Waals surface area (Å²) < 4.78 is 0. The van der Waals surface area contributed by atoms with Gasteiger partial charge in [-0.1, -0.05) is 6.08 Å². The van der Waals surface area contributed by atoms with Crippen molar-refractivity contribution in [2.75, 3.05) is 11.4 Å². The van der Waals surface area contributed by atoms with Crippen LogP contribution in [-0.4, -0.2) is 21.4 Å². The highest BCUT2D eigenvalue weighted by Crippen LogP contribution is 2.33. The van der Waals surface area contributed by atoms with Gasteiger partial charge in [0.15, 0.2) is 0 Å². The molecule has 0 fully saturated rings. The summed E-state index contributed by atoms with van der Waals surface area (Å²) in [5.41, 5.74) is 1.69. The quantitative estimate of drug-likeness (QED) is 0.607. The SMILES string of the molecule is Cl.O=[N+]([O-])c1ccc(N2C=CC(c3ccncc3)=CC2)c([N+](=O)[O-])c1. The Labute approximate surface area is 148 Å². The van der Waals surface area contributed by atoms with Crippen LogP contribution in [0.2, 0.25) is 0 Å². The van der Waals surface area contributed by atoms with Crippen LogP contribution in [0.15, 0.2) is 61.1 Å². The van der Waals surface area contributed by atoms with Gasteiger partial charge in [0.2, 0.25) is 0 Å². The Bertz CT molecular complexity index is 868. The topological polar surface area (TPSA) is 102 Å². The fourth-order valence-electron chi connectivity index (χ4n) is 2.45. The van der Waals surface area contributed by atoms with Gasteiger partial charge in [-0.25, -0.2) is 0 Å². The van der Waals surface area contributed by atoms with Gasteiger partial charge in [-0.05, 0) is 35.4 Å². The predicted octanol–water partition coefficient (Wildman–Crippen LogP) is 3.74. The molecule has 0 bridgehead atoms. The van der Waals surface area contributed by atoms with Gasteiger partial charge in [-0.2, -0.15) is 0 Å². The summed E-state index contributed by atoms with van der Waals surface area (Å²) in [6.45, 7) is 0.423. The highest BCUT2D eigenvalue weighted by molar-refractivity contribution is 5.85. The van der Waals surface area contributed by atoms with Gasteiger partial charge in [0.1, 0.15) is 5.69 Å². The molecule has 128 valence electrons. The van der Waals surface area contributed by atoms with Crippen molar-refractivity contribution in [3.8, 4) is 0 Å². The standard InChI is InChI=1S/C16H12N4O4.ClH/c21-19(22)14-1-2-15(16(11-14)20(23)24)18-9-5-13(6-10-18)12-3-7-17-8-4-12;/h1-9,11H,10H2;1H. The van der Waals surface area contributed by atoms with E-state index in [1.807, 2.05) is 24.3 Å². The highest BCUT2D eigenvalue weighted by atomic mass is 35.5. The second-order valence-electron chi connectivity index (χ2n) is 5.05. The first-order valence-electron chi connectivity index (χ1n) is 7.04. The monoisotopic (exact) mass is 360 g/mol. The smallest absolute Gasteiger partial charge is 0.299 e. The average molecular weight is 361 g/mol. The normalized spacial score (nSPS) is 13.0. The maximum Gasteiger partial charge on any atom is 0.299 e. The van der Waals surface area contributed by atoms with Crippen molar-refractivity contribution >= 4 is 35.0 Å². The zero-order valence-electron chi connectivity index (χ0n) is 12.8. The van der Waals surface area contributed by atoms with Crippen LogP contribution in [0.1, 0.15) is 5.56 Å². The molecule has 2 aromatic rings. The van der Waals surface area contributed by atoms with Crippen molar-refractivity contribution in [2.45, 2.75) is 0 Å². The second-order valence-corrected chi connectivity index (χ2v) is 5.05. The lowest BCUT2D eigenvalue weighted by atomic mass is 10.0. The first-order valence-corrected chi connectivity index (χ1v) is 7.04. The molecule has 0 aliphatic carbocycles. The summed E-state index contributed by atoms with van der Waals surface area (Å²) in [4.78, 5) is 26.4. The van der Waals surface area contributed by atoms with Gasteiger partial charge < -0.3 is 4.90 Å².